The van der Waals surface area contributed by atoms with Gasteiger partial charge in [-0.2, -0.15) is 0 Å². The van der Waals surface area contributed by atoms with E-state index in [4.69, 9.17) is 4.74 Å². The molecule has 0 saturated heterocycles. The molecule has 0 spiro atoms. The molecule has 3 aromatic rings. The summed E-state index contributed by atoms with van der Waals surface area (Å²) in [6.07, 6.45) is 5.22. The van der Waals surface area contributed by atoms with Gasteiger partial charge in [0.05, 0.1) is 19.2 Å². The van der Waals surface area contributed by atoms with Gasteiger partial charge in [-0.25, -0.2) is 4.79 Å². The number of nitrogens with zero attached hydrogens (tertiary/aromatic N) is 2. The summed E-state index contributed by atoms with van der Waals surface area (Å²) in [5, 5.41) is 0. The molecule has 0 aromatic heterocycles. The van der Waals surface area contributed by atoms with Crippen LogP contribution in [0.25, 0.3) is 11.1 Å². The normalized spacial score (nSPS) is 13.8. The van der Waals surface area contributed by atoms with Crippen LogP contribution in [0.5, 0.6) is 0 Å². The SMILES string of the molecule is COC(=O)c1cccc(N(Cc2ccc(-c3ccc(N(C)C)cc3)cc2)C(=O)C2CCCCC2)c1. The van der Waals surface area contributed by atoms with Gasteiger partial charge >= 0.3 is 5.97 Å². The van der Waals surface area contributed by atoms with Crippen LogP contribution in [0.1, 0.15) is 48.0 Å². The predicted octanol–water partition coefficient (Wildman–Crippen LogP) is 6.32. The van der Waals surface area contributed by atoms with Gasteiger partial charge in [0.25, 0.3) is 0 Å². The van der Waals surface area contributed by atoms with Crippen LogP contribution in [0.4, 0.5) is 11.4 Å². The van der Waals surface area contributed by atoms with E-state index in [9.17, 15) is 9.59 Å². The lowest BCUT2D eigenvalue weighted by atomic mass is 9.88. The summed E-state index contributed by atoms with van der Waals surface area (Å²) in [6.45, 7) is 0.458. The topological polar surface area (TPSA) is 49.9 Å². The van der Waals surface area contributed by atoms with Crippen molar-refractivity contribution in [3.05, 3.63) is 83.9 Å². The molecular formula is C30H34N2O3. The van der Waals surface area contributed by atoms with Crippen LogP contribution < -0.4 is 9.80 Å². The zero-order valence-corrected chi connectivity index (χ0v) is 20.9. The molecule has 0 N–H and O–H groups in total. The van der Waals surface area contributed by atoms with Gasteiger partial charge in [-0.05, 0) is 59.9 Å². The molecule has 0 bridgehead atoms. The van der Waals surface area contributed by atoms with Gasteiger partial charge in [0.2, 0.25) is 5.91 Å². The van der Waals surface area contributed by atoms with Crippen molar-refractivity contribution in [1.82, 2.24) is 0 Å². The second kappa shape index (κ2) is 11.2. The Morgan fingerprint density at radius 2 is 1.46 bits per heavy atom. The Hall–Kier alpha value is -3.60. The van der Waals surface area contributed by atoms with E-state index in [0.717, 1.165) is 53.7 Å². The smallest absolute Gasteiger partial charge is 0.337 e. The molecule has 5 nitrogen and oxygen atoms in total. The molecule has 3 aromatic carbocycles. The van der Waals surface area contributed by atoms with E-state index in [1.807, 2.05) is 31.1 Å². The maximum absolute atomic E-state index is 13.6. The second-order valence-electron chi connectivity index (χ2n) is 9.44. The predicted molar refractivity (Wildman–Crippen MR) is 142 cm³/mol. The van der Waals surface area contributed by atoms with Crippen LogP contribution in [-0.2, 0) is 16.1 Å². The molecule has 0 atom stereocenters. The minimum Gasteiger partial charge on any atom is -0.465 e. The van der Waals surface area contributed by atoms with Crippen LogP contribution in [0.15, 0.2) is 72.8 Å². The number of benzene rings is 3. The summed E-state index contributed by atoms with van der Waals surface area (Å²) in [4.78, 5) is 29.7. The summed E-state index contributed by atoms with van der Waals surface area (Å²) in [5.74, 6) is -0.239. The van der Waals surface area contributed by atoms with Crippen molar-refractivity contribution in [2.75, 3.05) is 31.0 Å². The standard InChI is InChI=1S/C30H34N2O3/c1-31(2)27-18-16-24(17-19-27)23-14-12-22(13-15-23)21-32(29(33)25-8-5-4-6-9-25)28-11-7-10-26(20-28)30(34)35-3/h7,10-20,25H,4-6,8-9,21H2,1-3H3. The Bertz CT molecular complexity index is 1150. The second-order valence-corrected chi connectivity index (χ2v) is 9.44. The van der Waals surface area contributed by atoms with Crippen LogP contribution in [-0.4, -0.2) is 33.1 Å². The zero-order valence-electron chi connectivity index (χ0n) is 20.9. The van der Waals surface area contributed by atoms with Crippen LogP contribution in [0.3, 0.4) is 0 Å². The van der Waals surface area contributed by atoms with Crippen molar-refractivity contribution in [2.45, 2.75) is 38.6 Å². The number of amides is 1. The number of carbonyl (C=O) groups excluding carboxylic acids is 2. The van der Waals surface area contributed by atoms with Gasteiger partial charge in [-0.15, -0.1) is 0 Å². The number of esters is 1. The molecule has 0 aliphatic heterocycles. The highest BCUT2D eigenvalue weighted by atomic mass is 16.5. The number of hydrogen-bond donors (Lipinski definition) is 0. The number of rotatable bonds is 7. The van der Waals surface area contributed by atoms with E-state index in [1.165, 1.54) is 13.5 Å². The molecule has 1 fully saturated rings. The van der Waals surface area contributed by atoms with Gasteiger partial charge in [-0.3, -0.25) is 4.79 Å². The quantitative estimate of drug-likeness (QED) is 0.379. The average molecular weight is 471 g/mol. The highest BCUT2D eigenvalue weighted by Gasteiger charge is 2.27. The molecule has 0 unspecified atom stereocenters. The first-order valence-corrected chi connectivity index (χ1v) is 12.3. The molecule has 1 saturated carbocycles. The van der Waals surface area contributed by atoms with Gasteiger partial charge in [-0.1, -0.05) is 61.7 Å². The van der Waals surface area contributed by atoms with Gasteiger partial charge in [0, 0.05) is 31.4 Å². The molecule has 1 aliphatic rings. The van der Waals surface area contributed by atoms with Crippen LogP contribution in [0, 0.1) is 5.92 Å². The Kier molecular flexibility index (Phi) is 7.86. The summed E-state index contributed by atoms with van der Waals surface area (Å²) >= 11 is 0. The molecule has 5 heteroatoms. The largest absolute Gasteiger partial charge is 0.465 e. The monoisotopic (exact) mass is 470 g/mol. The molecule has 1 aliphatic carbocycles. The number of ether oxygens (including phenoxy) is 1. The first kappa shape index (κ1) is 24.5. The molecule has 35 heavy (non-hydrogen) atoms. The minimum absolute atomic E-state index is 0.0278. The van der Waals surface area contributed by atoms with Crippen LogP contribution in [0.2, 0.25) is 0 Å². The number of carbonyl (C=O) groups is 2. The first-order chi connectivity index (χ1) is 17.0. The highest BCUT2D eigenvalue weighted by Crippen LogP contribution is 2.30. The fraction of sp³-hybridized carbons (Fsp3) is 0.333. The third kappa shape index (κ3) is 5.91. The molecule has 1 amide bonds. The molecule has 0 heterocycles. The fourth-order valence-corrected chi connectivity index (χ4v) is 4.72. The Balaban J connectivity index is 1.59. The number of methoxy groups -OCH3 is 1. The van der Waals surface area contributed by atoms with E-state index in [1.54, 1.807) is 12.1 Å². The lowest BCUT2D eigenvalue weighted by Crippen LogP contribution is -2.36. The van der Waals surface area contributed by atoms with E-state index in [0.29, 0.717) is 12.1 Å². The summed E-state index contributed by atoms with van der Waals surface area (Å²) < 4.78 is 4.90. The van der Waals surface area contributed by atoms with Crippen molar-refractivity contribution >= 4 is 23.3 Å². The third-order valence-corrected chi connectivity index (χ3v) is 6.81. The van der Waals surface area contributed by atoms with Crippen molar-refractivity contribution in [3.63, 3.8) is 0 Å². The van der Waals surface area contributed by atoms with Crippen molar-refractivity contribution < 1.29 is 14.3 Å². The molecule has 0 radical (unpaired) electrons. The van der Waals surface area contributed by atoms with Gasteiger partial charge < -0.3 is 14.5 Å². The summed E-state index contributed by atoms with van der Waals surface area (Å²) in [7, 11) is 5.44. The summed E-state index contributed by atoms with van der Waals surface area (Å²) in [5.41, 5.74) is 5.68. The Morgan fingerprint density at radius 3 is 2.06 bits per heavy atom. The van der Waals surface area contributed by atoms with E-state index >= 15 is 0 Å². The molecule has 4 rings (SSSR count). The average Bonchev–Trinajstić information content (AvgIpc) is 2.92. The molecular weight excluding hydrogens is 436 g/mol. The van der Waals surface area contributed by atoms with E-state index in [-0.39, 0.29) is 11.8 Å². The highest BCUT2D eigenvalue weighted by molar-refractivity contribution is 5.97. The first-order valence-electron chi connectivity index (χ1n) is 12.3. The van der Waals surface area contributed by atoms with Crippen molar-refractivity contribution in [3.8, 4) is 11.1 Å². The fourth-order valence-electron chi connectivity index (χ4n) is 4.72. The Labute approximate surface area is 208 Å². The zero-order chi connectivity index (χ0) is 24.8. The number of anilines is 2. The summed E-state index contributed by atoms with van der Waals surface area (Å²) in [6, 6.07) is 24.0. The van der Waals surface area contributed by atoms with E-state index < -0.39 is 5.97 Å². The van der Waals surface area contributed by atoms with Crippen LogP contribution >= 0.6 is 0 Å². The number of hydrogen-bond acceptors (Lipinski definition) is 4. The van der Waals surface area contributed by atoms with E-state index in [2.05, 4.69) is 53.4 Å². The Morgan fingerprint density at radius 1 is 0.829 bits per heavy atom. The third-order valence-electron chi connectivity index (χ3n) is 6.81. The van der Waals surface area contributed by atoms with Crippen molar-refractivity contribution in [1.29, 1.82) is 0 Å². The lowest BCUT2D eigenvalue weighted by Gasteiger charge is -2.30. The maximum Gasteiger partial charge on any atom is 0.337 e. The minimum atomic E-state index is -0.401. The van der Waals surface area contributed by atoms with Gasteiger partial charge in [0.1, 0.15) is 0 Å². The maximum atomic E-state index is 13.6. The van der Waals surface area contributed by atoms with Crippen molar-refractivity contribution in [2.24, 2.45) is 5.92 Å². The lowest BCUT2D eigenvalue weighted by molar-refractivity contribution is -0.123. The molecule has 182 valence electrons. The van der Waals surface area contributed by atoms with Gasteiger partial charge in [0.15, 0.2) is 0 Å².